The van der Waals surface area contributed by atoms with Crippen LogP contribution in [0, 0.1) is 5.82 Å². The van der Waals surface area contributed by atoms with Crippen molar-refractivity contribution in [3.8, 4) is 11.4 Å². The minimum absolute atomic E-state index is 0.0175. The van der Waals surface area contributed by atoms with Gasteiger partial charge in [0.25, 0.3) is 0 Å². The molecule has 1 heterocycles. The largest absolute Gasteiger partial charge is 0.488 e. The minimum Gasteiger partial charge on any atom is -0.488 e. The number of Topliss-reactive ketones (excluding diaryl/α,β-unsaturated/α-hetero) is 1. The average Bonchev–Trinajstić information content (AvgIpc) is 2.96. The first-order chi connectivity index (χ1) is 12.8. The minimum atomic E-state index is -0.473. The van der Waals surface area contributed by atoms with Gasteiger partial charge in [-0.3, -0.25) is 4.79 Å². The molecule has 2 aromatic rings. The van der Waals surface area contributed by atoms with E-state index in [1.54, 1.807) is 16.8 Å². The molecule has 0 aliphatic heterocycles. The van der Waals surface area contributed by atoms with Crippen molar-refractivity contribution >= 4 is 11.4 Å². The van der Waals surface area contributed by atoms with Gasteiger partial charge in [-0.05, 0) is 51.3 Å². The molecule has 0 spiro atoms. The Balaban J connectivity index is 2.64. The summed E-state index contributed by atoms with van der Waals surface area (Å²) in [5.74, 6) is -0.264. The number of hydrogen-bond donors (Lipinski definition) is 0. The summed E-state index contributed by atoms with van der Waals surface area (Å²) < 4.78 is 21.6. The van der Waals surface area contributed by atoms with Crippen LogP contribution in [0.3, 0.4) is 0 Å². The number of ether oxygens (including phenoxy) is 1. The van der Waals surface area contributed by atoms with Gasteiger partial charge in [0.15, 0.2) is 17.3 Å². The van der Waals surface area contributed by atoms with Crippen molar-refractivity contribution in [1.29, 1.82) is 0 Å². The van der Waals surface area contributed by atoms with Crippen LogP contribution in [0.5, 0.6) is 5.75 Å². The highest BCUT2D eigenvalue weighted by molar-refractivity contribution is 5.97. The van der Waals surface area contributed by atoms with Crippen molar-refractivity contribution in [3.63, 3.8) is 0 Å². The second-order valence-corrected chi connectivity index (χ2v) is 7.07. The zero-order valence-corrected chi connectivity index (χ0v) is 16.9. The fraction of sp³-hybridized carbons (Fsp3) is 0.455. The van der Waals surface area contributed by atoms with Crippen LogP contribution in [0.25, 0.3) is 11.3 Å². The van der Waals surface area contributed by atoms with E-state index in [1.807, 2.05) is 27.7 Å². The van der Waals surface area contributed by atoms with E-state index in [-0.39, 0.29) is 17.6 Å². The van der Waals surface area contributed by atoms with Crippen LogP contribution < -0.4 is 4.74 Å². The fourth-order valence-corrected chi connectivity index (χ4v) is 3.07. The highest BCUT2D eigenvalue weighted by Crippen LogP contribution is 2.28. The number of benzene rings is 1. The molecular weight excluding hydrogens is 343 g/mol. The molecule has 0 saturated carbocycles. The van der Waals surface area contributed by atoms with E-state index in [9.17, 15) is 9.18 Å². The summed E-state index contributed by atoms with van der Waals surface area (Å²) in [4.78, 5) is 12.9. The van der Waals surface area contributed by atoms with E-state index in [4.69, 9.17) is 4.74 Å². The summed E-state index contributed by atoms with van der Waals surface area (Å²) in [6.07, 6.45) is 2.66. The number of nitrogens with zero attached hydrogens (tertiary/aromatic N) is 2. The summed E-state index contributed by atoms with van der Waals surface area (Å²) in [5.41, 5.74) is 3.45. The van der Waals surface area contributed by atoms with E-state index >= 15 is 0 Å². The quantitative estimate of drug-likeness (QED) is 0.525. The molecule has 0 unspecified atom stereocenters. The summed E-state index contributed by atoms with van der Waals surface area (Å²) in [6, 6.07) is 4.68. The highest BCUT2D eigenvalue weighted by Gasteiger charge is 2.24. The van der Waals surface area contributed by atoms with Crippen LogP contribution >= 0.6 is 0 Å². The molecule has 0 radical (unpaired) electrons. The zero-order chi connectivity index (χ0) is 20.1. The Morgan fingerprint density at radius 1 is 1.30 bits per heavy atom. The van der Waals surface area contributed by atoms with Crippen LogP contribution in [0.4, 0.5) is 4.39 Å². The number of hydrogen-bond acceptors (Lipinski definition) is 3. The maximum absolute atomic E-state index is 14.5. The molecule has 1 aromatic heterocycles. The third kappa shape index (κ3) is 4.65. The first-order valence-corrected chi connectivity index (χ1v) is 9.57. The summed E-state index contributed by atoms with van der Waals surface area (Å²) in [7, 11) is 0. The Morgan fingerprint density at radius 2 is 2.00 bits per heavy atom. The fourth-order valence-electron chi connectivity index (χ4n) is 3.07. The maximum atomic E-state index is 14.5. The Hall–Kier alpha value is -2.43. The van der Waals surface area contributed by atoms with Crippen molar-refractivity contribution in [2.75, 3.05) is 0 Å². The molecule has 0 N–H and O–H groups in total. The molecule has 0 saturated heterocycles. The van der Waals surface area contributed by atoms with E-state index in [2.05, 4.69) is 18.6 Å². The molecule has 2 rings (SSSR count). The average molecular weight is 372 g/mol. The van der Waals surface area contributed by atoms with Crippen molar-refractivity contribution in [1.82, 2.24) is 9.78 Å². The zero-order valence-electron chi connectivity index (χ0n) is 16.9. The van der Waals surface area contributed by atoms with E-state index in [0.29, 0.717) is 17.8 Å². The third-order valence-corrected chi connectivity index (χ3v) is 4.15. The molecule has 0 atom stereocenters. The van der Waals surface area contributed by atoms with Crippen LogP contribution in [0.15, 0.2) is 24.8 Å². The van der Waals surface area contributed by atoms with Gasteiger partial charge in [0.05, 0.1) is 17.5 Å². The van der Waals surface area contributed by atoms with Crippen LogP contribution in [0.2, 0.25) is 0 Å². The van der Waals surface area contributed by atoms with Crippen LogP contribution in [-0.4, -0.2) is 21.7 Å². The lowest BCUT2D eigenvalue weighted by molar-refractivity contribution is 0.0973. The van der Waals surface area contributed by atoms with E-state index in [0.717, 1.165) is 36.1 Å². The highest BCUT2D eigenvalue weighted by atomic mass is 19.1. The Kier molecular flexibility index (Phi) is 6.94. The van der Waals surface area contributed by atoms with Gasteiger partial charge in [0.1, 0.15) is 5.69 Å². The van der Waals surface area contributed by atoms with Gasteiger partial charge in [-0.1, -0.05) is 26.8 Å². The lowest BCUT2D eigenvalue weighted by atomic mass is 10.00. The van der Waals surface area contributed by atoms with Gasteiger partial charge in [0, 0.05) is 18.1 Å². The van der Waals surface area contributed by atoms with E-state index in [1.165, 1.54) is 6.07 Å². The number of rotatable bonds is 9. The lowest BCUT2D eigenvalue weighted by Gasteiger charge is -2.13. The Labute approximate surface area is 161 Å². The topological polar surface area (TPSA) is 44.1 Å². The maximum Gasteiger partial charge on any atom is 0.181 e. The summed E-state index contributed by atoms with van der Waals surface area (Å²) in [5, 5.41) is 4.62. The molecular formula is C22H29FN2O2. The van der Waals surface area contributed by atoms with Gasteiger partial charge in [-0.25, -0.2) is 9.07 Å². The van der Waals surface area contributed by atoms with Gasteiger partial charge >= 0.3 is 0 Å². The molecule has 5 heteroatoms. The normalized spacial score (nSPS) is 11.1. The van der Waals surface area contributed by atoms with Crippen LogP contribution in [0.1, 0.15) is 75.6 Å². The molecule has 146 valence electrons. The molecule has 0 aliphatic rings. The Morgan fingerprint density at radius 3 is 2.52 bits per heavy atom. The smallest absolute Gasteiger partial charge is 0.181 e. The molecule has 1 aromatic carbocycles. The number of allylic oxidation sites excluding steroid dienone is 1. The van der Waals surface area contributed by atoms with Crippen molar-refractivity contribution in [3.05, 3.63) is 47.5 Å². The predicted octanol–water partition coefficient (Wildman–Crippen LogP) is 5.77. The number of carbonyl (C=O) groups excluding carboxylic acids is 1. The van der Waals surface area contributed by atoms with Gasteiger partial charge in [0.2, 0.25) is 0 Å². The first-order valence-electron chi connectivity index (χ1n) is 9.57. The first kappa shape index (κ1) is 20.9. The van der Waals surface area contributed by atoms with Gasteiger partial charge < -0.3 is 4.74 Å². The summed E-state index contributed by atoms with van der Waals surface area (Å²) >= 11 is 0. The Bertz CT molecular complexity index is 837. The second-order valence-electron chi connectivity index (χ2n) is 7.07. The van der Waals surface area contributed by atoms with E-state index < -0.39 is 5.82 Å². The van der Waals surface area contributed by atoms with Gasteiger partial charge in [-0.15, -0.1) is 0 Å². The lowest BCUT2D eigenvalue weighted by Crippen LogP contribution is -2.12. The van der Waals surface area contributed by atoms with Gasteiger partial charge in [-0.2, -0.15) is 5.10 Å². The van der Waals surface area contributed by atoms with Crippen LogP contribution in [-0.2, 0) is 6.42 Å². The molecule has 4 nitrogen and oxygen atoms in total. The molecule has 27 heavy (non-hydrogen) atoms. The SMILES string of the molecule is C=C(C)c1nn(-c2ccc(OC(C)C)c(F)c2)c(C(=O)CCC)c1CCC. The summed E-state index contributed by atoms with van der Waals surface area (Å²) in [6.45, 7) is 13.6. The number of aromatic nitrogens is 2. The monoisotopic (exact) mass is 372 g/mol. The number of halogens is 1. The standard InChI is InChI=1S/C22H29FN2O2/c1-7-9-17-21(14(3)4)24-25(22(17)19(26)10-8-2)16-11-12-20(18(23)13-16)27-15(5)6/h11-13,15H,3,7-10H2,1-2,4-6H3. The predicted molar refractivity (Wildman–Crippen MR) is 107 cm³/mol. The number of carbonyl (C=O) groups is 1. The second kappa shape index (κ2) is 8.98. The molecule has 0 fully saturated rings. The van der Waals surface area contributed by atoms with Crippen molar-refractivity contribution in [2.24, 2.45) is 0 Å². The molecule has 0 aliphatic carbocycles. The number of ketones is 1. The van der Waals surface area contributed by atoms with Crippen molar-refractivity contribution in [2.45, 2.75) is 66.4 Å². The molecule has 0 bridgehead atoms. The molecule has 0 amide bonds. The van der Waals surface area contributed by atoms with Crippen molar-refractivity contribution < 1.29 is 13.9 Å². The third-order valence-electron chi connectivity index (χ3n) is 4.15.